The average molecular weight is 357 g/mol. The van der Waals surface area contributed by atoms with Crippen LogP contribution in [0.4, 0.5) is 0 Å². The maximum Gasteiger partial charge on any atom is 0.255 e. The van der Waals surface area contributed by atoms with Crippen molar-refractivity contribution in [3.63, 3.8) is 0 Å². The molecule has 1 aromatic rings. The summed E-state index contributed by atoms with van der Waals surface area (Å²) >= 11 is 6.17. The monoisotopic (exact) mass is 356 g/mol. The van der Waals surface area contributed by atoms with E-state index < -0.39 is 5.91 Å². The van der Waals surface area contributed by atoms with Gasteiger partial charge in [0, 0.05) is 31.7 Å². The van der Waals surface area contributed by atoms with Gasteiger partial charge in [-0.25, -0.2) is 0 Å². The molecule has 0 bridgehead atoms. The molecular formula is C16H21ClN2O5. The maximum absolute atomic E-state index is 12.6. The maximum atomic E-state index is 12.6. The lowest BCUT2D eigenvalue weighted by molar-refractivity contribution is -0.119. The van der Waals surface area contributed by atoms with Crippen LogP contribution in [-0.4, -0.2) is 57.2 Å². The Morgan fingerprint density at radius 3 is 2.79 bits per heavy atom. The Morgan fingerprint density at radius 1 is 1.46 bits per heavy atom. The van der Waals surface area contributed by atoms with E-state index in [1.807, 2.05) is 0 Å². The van der Waals surface area contributed by atoms with E-state index in [2.05, 4.69) is 0 Å². The normalized spacial score (nSPS) is 16.7. The van der Waals surface area contributed by atoms with E-state index in [1.165, 1.54) is 19.2 Å². The number of halogens is 1. The highest BCUT2D eigenvalue weighted by Gasteiger charge is 2.23. The molecule has 7 nitrogen and oxygen atoms in total. The lowest BCUT2D eigenvalue weighted by atomic mass is 10.1. The summed E-state index contributed by atoms with van der Waals surface area (Å²) < 4.78 is 15.8. The number of hydrogen-bond donors (Lipinski definition) is 1. The summed E-state index contributed by atoms with van der Waals surface area (Å²) in [7, 11) is 3.16. The fourth-order valence-electron chi connectivity index (χ4n) is 2.54. The fourth-order valence-corrected chi connectivity index (χ4v) is 2.81. The number of carbonyl (C=O) groups excluding carboxylic acids is 2. The Morgan fingerprint density at radius 2 is 2.21 bits per heavy atom. The first-order valence-corrected chi connectivity index (χ1v) is 7.92. The lowest BCUT2D eigenvalue weighted by Gasteiger charge is -2.21. The molecule has 1 aromatic carbocycles. The van der Waals surface area contributed by atoms with Gasteiger partial charge in [-0.15, -0.1) is 0 Å². The summed E-state index contributed by atoms with van der Waals surface area (Å²) in [6.07, 6.45) is 0.946. The molecule has 1 saturated heterocycles. The van der Waals surface area contributed by atoms with Gasteiger partial charge in [0.05, 0.1) is 18.7 Å². The van der Waals surface area contributed by atoms with Crippen molar-refractivity contribution in [1.82, 2.24) is 4.90 Å². The summed E-state index contributed by atoms with van der Waals surface area (Å²) in [4.78, 5) is 25.1. The standard InChI is InChI=1S/C16H21ClN2O5/c1-19(7-10-3-4-23-8-10)16(21)11-5-12(17)15(13(6-11)22-2)24-9-14(18)20/h5-6,10H,3-4,7-9H2,1-2H3,(H2,18,20). The molecule has 8 heteroatoms. The molecule has 24 heavy (non-hydrogen) atoms. The van der Waals surface area contributed by atoms with Crippen molar-refractivity contribution < 1.29 is 23.8 Å². The molecule has 1 fully saturated rings. The number of methoxy groups -OCH3 is 1. The van der Waals surface area contributed by atoms with E-state index in [0.717, 1.165) is 13.0 Å². The zero-order valence-corrected chi connectivity index (χ0v) is 14.5. The summed E-state index contributed by atoms with van der Waals surface area (Å²) in [5.41, 5.74) is 5.44. The van der Waals surface area contributed by atoms with Crippen molar-refractivity contribution in [3.05, 3.63) is 22.7 Å². The minimum Gasteiger partial charge on any atom is -0.493 e. The van der Waals surface area contributed by atoms with Crippen LogP contribution in [0.5, 0.6) is 11.5 Å². The van der Waals surface area contributed by atoms with E-state index in [-0.39, 0.29) is 29.0 Å². The van der Waals surface area contributed by atoms with E-state index in [4.69, 9.17) is 31.5 Å². The van der Waals surface area contributed by atoms with Gasteiger partial charge in [0.25, 0.3) is 11.8 Å². The second-order valence-corrected chi connectivity index (χ2v) is 6.07. The molecule has 2 amide bonds. The first-order chi connectivity index (χ1) is 11.4. The van der Waals surface area contributed by atoms with Crippen molar-refractivity contribution in [2.45, 2.75) is 6.42 Å². The van der Waals surface area contributed by atoms with E-state index in [1.54, 1.807) is 11.9 Å². The van der Waals surface area contributed by atoms with Gasteiger partial charge in [-0.1, -0.05) is 11.6 Å². The van der Waals surface area contributed by atoms with Crippen LogP contribution >= 0.6 is 11.6 Å². The van der Waals surface area contributed by atoms with Crippen LogP contribution < -0.4 is 15.2 Å². The molecule has 2 N–H and O–H groups in total. The number of hydrogen-bond acceptors (Lipinski definition) is 5. The Bertz CT molecular complexity index is 617. The van der Waals surface area contributed by atoms with Gasteiger partial charge >= 0.3 is 0 Å². The van der Waals surface area contributed by atoms with E-state index >= 15 is 0 Å². The van der Waals surface area contributed by atoms with Crippen molar-refractivity contribution in [2.75, 3.05) is 40.5 Å². The number of primary amides is 1. The highest BCUT2D eigenvalue weighted by molar-refractivity contribution is 6.32. The molecular weight excluding hydrogens is 336 g/mol. The van der Waals surface area contributed by atoms with Crippen LogP contribution in [0.15, 0.2) is 12.1 Å². The molecule has 2 rings (SSSR count). The van der Waals surface area contributed by atoms with Crippen molar-refractivity contribution in [2.24, 2.45) is 11.7 Å². The zero-order chi connectivity index (χ0) is 17.7. The second kappa shape index (κ2) is 8.21. The molecule has 0 spiro atoms. The quantitative estimate of drug-likeness (QED) is 0.795. The molecule has 0 radical (unpaired) electrons. The molecule has 0 saturated carbocycles. The Kier molecular flexibility index (Phi) is 6.28. The highest BCUT2D eigenvalue weighted by Crippen LogP contribution is 2.36. The predicted molar refractivity (Wildman–Crippen MR) is 88.6 cm³/mol. The van der Waals surface area contributed by atoms with Gasteiger partial charge in [0.15, 0.2) is 18.1 Å². The van der Waals surface area contributed by atoms with Crippen LogP contribution in [0.2, 0.25) is 5.02 Å². The van der Waals surface area contributed by atoms with Gasteiger partial charge < -0.3 is 24.8 Å². The summed E-state index contributed by atoms with van der Waals surface area (Å²) in [5, 5.41) is 0.177. The third kappa shape index (κ3) is 4.52. The van der Waals surface area contributed by atoms with Gasteiger partial charge in [0.2, 0.25) is 0 Å². The average Bonchev–Trinajstić information content (AvgIpc) is 3.04. The minimum absolute atomic E-state index is 0.177. The number of ether oxygens (including phenoxy) is 3. The topological polar surface area (TPSA) is 91.1 Å². The van der Waals surface area contributed by atoms with Gasteiger partial charge in [-0.2, -0.15) is 0 Å². The zero-order valence-electron chi connectivity index (χ0n) is 13.7. The first kappa shape index (κ1) is 18.4. The van der Waals surface area contributed by atoms with Crippen molar-refractivity contribution in [3.8, 4) is 11.5 Å². The molecule has 1 atom stereocenters. The van der Waals surface area contributed by atoms with Crippen LogP contribution in [-0.2, 0) is 9.53 Å². The van der Waals surface area contributed by atoms with E-state index in [9.17, 15) is 9.59 Å². The molecule has 0 aromatic heterocycles. The molecule has 0 aliphatic carbocycles. The third-order valence-corrected chi connectivity index (χ3v) is 4.02. The largest absolute Gasteiger partial charge is 0.493 e. The van der Waals surface area contributed by atoms with Crippen LogP contribution in [0.1, 0.15) is 16.8 Å². The highest BCUT2D eigenvalue weighted by atomic mass is 35.5. The number of nitrogens with zero attached hydrogens (tertiary/aromatic N) is 1. The molecule has 1 aliphatic heterocycles. The summed E-state index contributed by atoms with van der Waals surface area (Å²) in [6.45, 7) is 1.68. The number of carbonyl (C=O) groups is 2. The molecule has 1 unspecified atom stereocenters. The van der Waals surface area contributed by atoms with Crippen molar-refractivity contribution in [1.29, 1.82) is 0 Å². The Labute approximate surface area is 145 Å². The Balaban J connectivity index is 2.15. The fraction of sp³-hybridized carbons (Fsp3) is 0.500. The van der Waals surface area contributed by atoms with Gasteiger partial charge in [-0.3, -0.25) is 9.59 Å². The van der Waals surface area contributed by atoms with Crippen molar-refractivity contribution >= 4 is 23.4 Å². The predicted octanol–water partition coefficient (Wildman–Crippen LogP) is 1.32. The number of rotatable bonds is 7. The number of benzene rings is 1. The first-order valence-electron chi connectivity index (χ1n) is 7.54. The lowest BCUT2D eigenvalue weighted by Crippen LogP contribution is -2.32. The van der Waals surface area contributed by atoms with Crippen LogP contribution in [0, 0.1) is 5.92 Å². The SMILES string of the molecule is COc1cc(C(=O)N(C)CC2CCOC2)cc(Cl)c1OCC(N)=O. The third-order valence-electron chi connectivity index (χ3n) is 3.74. The second-order valence-electron chi connectivity index (χ2n) is 5.66. The smallest absolute Gasteiger partial charge is 0.255 e. The number of amides is 2. The Hall–Kier alpha value is -1.99. The molecule has 1 heterocycles. The van der Waals surface area contributed by atoms with Gasteiger partial charge in [-0.05, 0) is 18.6 Å². The summed E-state index contributed by atoms with van der Waals surface area (Å²) in [6, 6.07) is 3.02. The number of nitrogens with two attached hydrogens (primary N) is 1. The van der Waals surface area contributed by atoms with Gasteiger partial charge in [0.1, 0.15) is 0 Å². The summed E-state index contributed by atoms with van der Waals surface area (Å²) in [5.74, 6) is -0.0177. The molecule has 1 aliphatic rings. The van der Waals surface area contributed by atoms with Crippen LogP contribution in [0.3, 0.4) is 0 Å². The van der Waals surface area contributed by atoms with E-state index in [0.29, 0.717) is 24.6 Å². The van der Waals surface area contributed by atoms with Crippen LogP contribution in [0.25, 0.3) is 0 Å². The minimum atomic E-state index is -0.633. The molecule has 132 valence electrons.